The van der Waals surface area contributed by atoms with Gasteiger partial charge in [0.05, 0.1) is 21.3 Å². The predicted octanol–water partition coefficient (Wildman–Crippen LogP) is 3.21. The molecule has 0 aromatic heterocycles. The molecule has 0 aliphatic heterocycles. The number of benzene rings is 2. The monoisotopic (exact) mass is 320 g/mol. The summed E-state index contributed by atoms with van der Waals surface area (Å²) in [5.74, 6) is -0.00652. The second kappa shape index (κ2) is 7.49. The average Bonchev–Trinajstić information content (AvgIpc) is 2.59. The maximum absolute atomic E-state index is 13.6. The minimum atomic E-state index is -0.647. The number of hydrogen-bond acceptors (Lipinski definition) is 5. The molecule has 0 radical (unpaired) electrons. The van der Waals surface area contributed by atoms with Gasteiger partial charge >= 0.3 is 5.97 Å². The Bertz CT molecular complexity index is 699. The number of ether oxygens (including phenoxy) is 4. The first-order valence-corrected chi connectivity index (χ1v) is 6.81. The van der Waals surface area contributed by atoms with Gasteiger partial charge in [0.2, 0.25) is 0 Å². The minimum Gasteiger partial charge on any atom is -0.496 e. The molecule has 122 valence electrons. The van der Waals surface area contributed by atoms with E-state index in [1.165, 1.54) is 39.5 Å². The third kappa shape index (κ3) is 3.71. The van der Waals surface area contributed by atoms with Crippen molar-refractivity contribution < 1.29 is 28.1 Å². The average molecular weight is 320 g/mol. The van der Waals surface area contributed by atoms with Crippen LogP contribution in [0.3, 0.4) is 0 Å². The summed E-state index contributed by atoms with van der Waals surface area (Å²) in [4.78, 5) is 12.3. The third-order valence-electron chi connectivity index (χ3n) is 3.24. The quantitative estimate of drug-likeness (QED) is 0.765. The van der Waals surface area contributed by atoms with Gasteiger partial charge in [-0.25, -0.2) is 9.18 Å². The number of hydrogen-bond donors (Lipinski definition) is 0. The van der Waals surface area contributed by atoms with Gasteiger partial charge in [0.25, 0.3) is 0 Å². The van der Waals surface area contributed by atoms with Crippen LogP contribution in [-0.2, 0) is 11.3 Å². The second-order valence-corrected chi connectivity index (χ2v) is 4.58. The van der Waals surface area contributed by atoms with Crippen molar-refractivity contribution in [2.45, 2.75) is 6.61 Å². The first-order chi connectivity index (χ1) is 11.1. The molecule has 0 heterocycles. The normalized spacial score (nSPS) is 10.1. The van der Waals surface area contributed by atoms with E-state index < -0.39 is 11.8 Å². The zero-order valence-electron chi connectivity index (χ0n) is 13.1. The number of rotatable bonds is 6. The lowest BCUT2D eigenvalue weighted by Gasteiger charge is -2.13. The summed E-state index contributed by atoms with van der Waals surface area (Å²) in [7, 11) is 4.36. The number of esters is 1. The summed E-state index contributed by atoms with van der Waals surface area (Å²) in [5.41, 5.74) is 0.460. The zero-order chi connectivity index (χ0) is 16.8. The number of carbonyl (C=O) groups is 1. The van der Waals surface area contributed by atoms with Gasteiger partial charge in [-0.05, 0) is 6.07 Å². The van der Waals surface area contributed by atoms with Crippen LogP contribution in [0.2, 0.25) is 0 Å². The van der Waals surface area contributed by atoms with E-state index in [1.807, 2.05) is 0 Å². The molecule has 0 atom stereocenters. The van der Waals surface area contributed by atoms with Gasteiger partial charge in [0.1, 0.15) is 23.7 Å². The number of carbonyl (C=O) groups excluding carboxylic acids is 1. The molecular formula is C17H17FO5. The molecule has 0 saturated carbocycles. The topological polar surface area (TPSA) is 54.0 Å². The Morgan fingerprint density at radius 1 is 0.957 bits per heavy atom. The lowest BCUT2D eigenvalue weighted by molar-refractivity contribution is 0.0465. The van der Waals surface area contributed by atoms with Crippen molar-refractivity contribution in [1.29, 1.82) is 0 Å². The molecule has 0 aliphatic rings. The van der Waals surface area contributed by atoms with Crippen molar-refractivity contribution in [3.8, 4) is 17.2 Å². The van der Waals surface area contributed by atoms with Crippen LogP contribution >= 0.6 is 0 Å². The Morgan fingerprint density at radius 3 is 2.17 bits per heavy atom. The van der Waals surface area contributed by atoms with E-state index in [-0.39, 0.29) is 17.9 Å². The van der Waals surface area contributed by atoms with E-state index in [1.54, 1.807) is 18.2 Å². The Hall–Kier alpha value is -2.76. The molecule has 0 unspecified atom stereocenters. The summed E-state index contributed by atoms with van der Waals surface area (Å²) in [5, 5.41) is 0. The highest BCUT2D eigenvalue weighted by Crippen LogP contribution is 2.35. The molecule has 0 N–H and O–H groups in total. The maximum Gasteiger partial charge on any atom is 0.342 e. The largest absolute Gasteiger partial charge is 0.496 e. The number of methoxy groups -OCH3 is 3. The van der Waals surface area contributed by atoms with E-state index in [0.29, 0.717) is 17.1 Å². The molecule has 5 nitrogen and oxygen atoms in total. The van der Waals surface area contributed by atoms with E-state index in [4.69, 9.17) is 18.9 Å². The Labute approximate surface area is 133 Å². The highest BCUT2D eigenvalue weighted by atomic mass is 19.1. The summed E-state index contributed by atoms with van der Waals surface area (Å²) in [6.45, 7) is -0.178. The first kappa shape index (κ1) is 16.6. The van der Waals surface area contributed by atoms with Crippen molar-refractivity contribution >= 4 is 5.97 Å². The van der Waals surface area contributed by atoms with E-state index in [0.717, 1.165) is 0 Å². The molecule has 2 aromatic rings. The van der Waals surface area contributed by atoms with E-state index >= 15 is 0 Å². The molecule has 0 amide bonds. The SMILES string of the molecule is COc1cc(OC)c(C(=O)OCc2ccccc2F)cc1OC. The molecule has 0 saturated heterocycles. The van der Waals surface area contributed by atoms with Crippen molar-refractivity contribution in [3.63, 3.8) is 0 Å². The van der Waals surface area contributed by atoms with Gasteiger partial charge in [-0.15, -0.1) is 0 Å². The van der Waals surface area contributed by atoms with Gasteiger partial charge in [0, 0.05) is 17.7 Å². The summed E-state index contributed by atoms with van der Waals surface area (Å²) in [6, 6.07) is 9.08. The highest BCUT2D eigenvalue weighted by molar-refractivity contribution is 5.93. The van der Waals surface area contributed by atoms with Crippen LogP contribution in [0.1, 0.15) is 15.9 Å². The maximum atomic E-state index is 13.6. The molecule has 0 spiro atoms. The lowest BCUT2D eigenvalue weighted by Crippen LogP contribution is -2.09. The van der Waals surface area contributed by atoms with Gasteiger partial charge in [0.15, 0.2) is 11.5 Å². The van der Waals surface area contributed by atoms with Crippen molar-refractivity contribution in [2.24, 2.45) is 0 Å². The smallest absolute Gasteiger partial charge is 0.342 e. The fourth-order valence-corrected chi connectivity index (χ4v) is 2.03. The van der Waals surface area contributed by atoms with E-state index in [9.17, 15) is 9.18 Å². The van der Waals surface area contributed by atoms with E-state index in [2.05, 4.69) is 0 Å². The second-order valence-electron chi connectivity index (χ2n) is 4.58. The predicted molar refractivity (Wildman–Crippen MR) is 81.6 cm³/mol. The van der Waals surface area contributed by atoms with Crippen LogP contribution in [-0.4, -0.2) is 27.3 Å². The first-order valence-electron chi connectivity index (χ1n) is 6.81. The van der Waals surface area contributed by atoms with Crippen LogP contribution in [0.25, 0.3) is 0 Å². The van der Waals surface area contributed by atoms with Crippen LogP contribution in [0, 0.1) is 5.82 Å². The molecule has 0 aliphatic carbocycles. The highest BCUT2D eigenvalue weighted by Gasteiger charge is 2.19. The van der Waals surface area contributed by atoms with Crippen LogP contribution < -0.4 is 14.2 Å². The Balaban J connectivity index is 2.23. The molecule has 0 bridgehead atoms. The van der Waals surface area contributed by atoms with Gasteiger partial charge in [-0.1, -0.05) is 18.2 Å². The van der Waals surface area contributed by atoms with Gasteiger partial charge < -0.3 is 18.9 Å². The lowest BCUT2D eigenvalue weighted by atomic mass is 10.1. The van der Waals surface area contributed by atoms with Crippen LogP contribution in [0.15, 0.2) is 36.4 Å². The summed E-state index contributed by atoms with van der Waals surface area (Å²) < 4.78 is 34.2. The standard InChI is InChI=1S/C17H17FO5/c1-20-14-9-16(22-3)15(21-2)8-12(14)17(19)23-10-11-6-4-5-7-13(11)18/h4-9H,10H2,1-3H3. The third-order valence-corrected chi connectivity index (χ3v) is 3.24. The van der Waals surface area contributed by atoms with Crippen LogP contribution in [0.5, 0.6) is 17.2 Å². The zero-order valence-corrected chi connectivity index (χ0v) is 13.1. The van der Waals surface area contributed by atoms with Gasteiger partial charge in [-0.2, -0.15) is 0 Å². The molecule has 2 aromatic carbocycles. The van der Waals surface area contributed by atoms with Crippen molar-refractivity contribution in [2.75, 3.05) is 21.3 Å². The molecule has 0 fully saturated rings. The van der Waals surface area contributed by atoms with Crippen molar-refractivity contribution in [3.05, 3.63) is 53.3 Å². The molecule has 6 heteroatoms. The summed E-state index contributed by atoms with van der Waals surface area (Å²) >= 11 is 0. The molecule has 2 rings (SSSR count). The Morgan fingerprint density at radius 2 is 1.57 bits per heavy atom. The number of halogens is 1. The van der Waals surface area contributed by atoms with Gasteiger partial charge in [-0.3, -0.25) is 0 Å². The fourth-order valence-electron chi connectivity index (χ4n) is 2.03. The summed E-state index contributed by atoms with van der Waals surface area (Å²) in [6.07, 6.45) is 0. The molecule has 23 heavy (non-hydrogen) atoms. The fraction of sp³-hybridized carbons (Fsp3) is 0.235. The van der Waals surface area contributed by atoms with Crippen molar-refractivity contribution in [1.82, 2.24) is 0 Å². The van der Waals surface area contributed by atoms with Crippen LogP contribution in [0.4, 0.5) is 4.39 Å². The minimum absolute atomic E-state index is 0.168. The molecular weight excluding hydrogens is 303 g/mol. The Kier molecular flexibility index (Phi) is 5.41.